The molecule has 24 heavy (non-hydrogen) atoms. The second-order valence-corrected chi connectivity index (χ2v) is 5.93. The number of rotatable bonds is 3. The molecule has 0 radical (unpaired) electrons. The molecule has 0 spiro atoms. The zero-order valence-electron chi connectivity index (χ0n) is 13.3. The van der Waals surface area contributed by atoms with Crippen LogP contribution in [0.2, 0.25) is 0 Å². The zero-order chi connectivity index (χ0) is 16.5. The molecule has 3 aromatic rings. The molecular weight excluding hydrogens is 302 g/mol. The van der Waals surface area contributed by atoms with Crippen molar-refractivity contribution in [1.82, 2.24) is 15.0 Å². The molecule has 0 bridgehead atoms. The maximum Gasteiger partial charge on any atom is 0.229 e. The molecule has 120 valence electrons. The van der Waals surface area contributed by atoms with Crippen LogP contribution in [-0.4, -0.2) is 33.4 Å². The van der Waals surface area contributed by atoms with Gasteiger partial charge in [-0.05, 0) is 31.2 Å². The monoisotopic (exact) mass is 319 g/mol. The normalized spacial score (nSPS) is 17.5. The fraction of sp³-hybridized carbons (Fsp3) is 0.222. The summed E-state index contributed by atoms with van der Waals surface area (Å²) in [5.74, 6) is 0.789. The standard InChI is InChI=1S/C18H17N5O/c1-12-7-8-15-17(21-12)18(20-11-19-15)22-13-9-16(24)23(10-13)14-5-3-2-4-6-14/h2-8,11,13H,9-10H2,1H3,(H,19,20,22). The van der Waals surface area contributed by atoms with E-state index in [1.54, 1.807) is 4.90 Å². The average Bonchev–Trinajstić information content (AvgIpc) is 2.96. The van der Waals surface area contributed by atoms with E-state index >= 15 is 0 Å². The quantitative estimate of drug-likeness (QED) is 0.803. The minimum atomic E-state index is -0.00174. The first-order valence-corrected chi connectivity index (χ1v) is 7.91. The number of hydrogen-bond donors (Lipinski definition) is 1. The third-order valence-electron chi connectivity index (χ3n) is 4.15. The number of amides is 1. The van der Waals surface area contributed by atoms with Crippen LogP contribution in [0.5, 0.6) is 0 Å². The van der Waals surface area contributed by atoms with Gasteiger partial charge in [0.2, 0.25) is 5.91 Å². The summed E-state index contributed by atoms with van der Waals surface area (Å²) in [5.41, 5.74) is 3.37. The van der Waals surface area contributed by atoms with Crippen molar-refractivity contribution in [3.8, 4) is 0 Å². The minimum absolute atomic E-state index is 0.00174. The van der Waals surface area contributed by atoms with Crippen LogP contribution in [0.25, 0.3) is 11.0 Å². The first-order valence-electron chi connectivity index (χ1n) is 7.91. The van der Waals surface area contributed by atoms with E-state index in [1.807, 2.05) is 49.4 Å². The largest absolute Gasteiger partial charge is 0.363 e. The highest BCUT2D eigenvalue weighted by Crippen LogP contribution is 2.24. The number of hydrogen-bond acceptors (Lipinski definition) is 5. The Bertz CT molecular complexity index is 896. The van der Waals surface area contributed by atoms with Gasteiger partial charge in [0.05, 0.1) is 11.6 Å². The Morgan fingerprint density at radius 3 is 2.79 bits per heavy atom. The summed E-state index contributed by atoms with van der Waals surface area (Å²) in [4.78, 5) is 27.2. The van der Waals surface area contributed by atoms with E-state index in [2.05, 4.69) is 20.3 Å². The fourth-order valence-electron chi connectivity index (χ4n) is 3.00. The molecule has 1 N–H and O–H groups in total. The number of carbonyl (C=O) groups is 1. The van der Waals surface area contributed by atoms with Gasteiger partial charge in [0.1, 0.15) is 11.8 Å². The van der Waals surface area contributed by atoms with Crippen LogP contribution in [0.15, 0.2) is 48.8 Å². The van der Waals surface area contributed by atoms with E-state index < -0.39 is 0 Å². The lowest BCUT2D eigenvalue weighted by molar-refractivity contribution is -0.117. The smallest absolute Gasteiger partial charge is 0.229 e. The highest BCUT2D eigenvalue weighted by Gasteiger charge is 2.31. The second kappa shape index (κ2) is 5.88. The number of nitrogens with one attached hydrogen (secondary N) is 1. The maximum absolute atomic E-state index is 12.3. The molecule has 4 rings (SSSR count). The Labute approximate surface area is 139 Å². The number of pyridine rings is 1. The van der Waals surface area contributed by atoms with E-state index in [0.717, 1.165) is 22.4 Å². The molecule has 6 nitrogen and oxygen atoms in total. The summed E-state index contributed by atoms with van der Waals surface area (Å²) in [6.45, 7) is 2.55. The van der Waals surface area contributed by atoms with Crippen LogP contribution >= 0.6 is 0 Å². The van der Waals surface area contributed by atoms with Crippen LogP contribution in [0.3, 0.4) is 0 Å². The van der Waals surface area contributed by atoms with Gasteiger partial charge in [0, 0.05) is 24.3 Å². The van der Waals surface area contributed by atoms with Crippen LogP contribution in [0.4, 0.5) is 11.5 Å². The third kappa shape index (κ3) is 2.67. The van der Waals surface area contributed by atoms with Crippen molar-refractivity contribution in [3.05, 3.63) is 54.5 Å². The van der Waals surface area contributed by atoms with Crippen molar-refractivity contribution in [3.63, 3.8) is 0 Å². The van der Waals surface area contributed by atoms with Crippen LogP contribution in [-0.2, 0) is 4.79 Å². The molecule has 1 aliphatic rings. The Morgan fingerprint density at radius 1 is 1.12 bits per heavy atom. The minimum Gasteiger partial charge on any atom is -0.363 e. The molecule has 1 aliphatic heterocycles. The highest BCUT2D eigenvalue weighted by molar-refractivity contribution is 5.97. The van der Waals surface area contributed by atoms with E-state index in [1.165, 1.54) is 6.33 Å². The van der Waals surface area contributed by atoms with E-state index in [-0.39, 0.29) is 11.9 Å². The highest BCUT2D eigenvalue weighted by atomic mass is 16.2. The van der Waals surface area contributed by atoms with Gasteiger partial charge in [0.25, 0.3) is 0 Å². The predicted octanol–water partition coefficient (Wildman–Crippen LogP) is 2.55. The van der Waals surface area contributed by atoms with Gasteiger partial charge >= 0.3 is 0 Å². The second-order valence-electron chi connectivity index (χ2n) is 5.93. The summed E-state index contributed by atoms with van der Waals surface area (Å²) in [6.07, 6.45) is 1.96. The van der Waals surface area contributed by atoms with Crippen molar-refractivity contribution in [2.24, 2.45) is 0 Å². The Morgan fingerprint density at radius 2 is 1.96 bits per heavy atom. The first-order chi connectivity index (χ1) is 11.7. The number of aromatic nitrogens is 3. The topological polar surface area (TPSA) is 71.0 Å². The van der Waals surface area contributed by atoms with E-state index in [9.17, 15) is 4.79 Å². The number of para-hydroxylation sites is 1. The fourth-order valence-corrected chi connectivity index (χ4v) is 3.00. The van der Waals surface area contributed by atoms with Gasteiger partial charge in [-0.2, -0.15) is 0 Å². The Balaban J connectivity index is 1.59. The number of aryl methyl sites for hydroxylation is 1. The van der Waals surface area contributed by atoms with Crippen molar-refractivity contribution in [2.45, 2.75) is 19.4 Å². The van der Waals surface area contributed by atoms with Crippen LogP contribution < -0.4 is 10.2 Å². The number of carbonyl (C=O) groups excluding carboxylic acids is 1. The molecule has 1 saturated heterocycles. The van der Waals surface area contributed by atoms with Crippen molar-refractivity contribution < 1.29 is 4.79 Å². The number of anilines is 2. The van der Waals surface area contributed by atoms with Gasteiger partial charge < -0.3 is 10.2 Å². The summed E-state index contributed by atoms with van der Waals surface area (Å²) >= 11 is 0. The molecule has 1 atom stereocenters. The molecular formula is C18H17N5O. The van der Waals surface area contributed by atoms with Gasteiger partial charge in [-0.25, -0.2) is 15.0 Å². The lowest BCUT2D eigenvalue weighted by Crippen LogP contribution is -2.27. The van der Waals surface area contributed by atoms with Crippen LogP contribution in [0, 0.1) is 6.92 Å². The number of benzene rings is 1. The third-order valence-corrected chi connectivity index (χ3v) is 4.15. The first kappa shape index (κ1) is 14.6. The zero-order valence-corrected chi connectivity index (χ0v) is 13.3. The molecule has 1 aromatic carbocycles. The van der Waals surface area contributed by atoms with E-state index in [0.29, 0.717) is 18.8 Å². The predicted molar refractivity (Wildman–Crippen MR) is 92.9 cm³/mol. The SMILES string of the molecule is Cc1ccc2ncnc(NC3CC(=O)N(c4ccccc4)C3)c2n1. The Hall–Kier alpha value is -3.02. The molecule has 1 amide bonds. The van der Waals surface area contributed by atoms with Crippen molar-refractivity contribution in [2.75, 3.05) is 16.8 Å². The summed E-state index contributed by atoms with van der Waals surface area (Å²) in [7, 11) is 0. The van der Waals surface area contributed by atoms with Gasteiger partial charge in [-0.3, -0.25) is 4.79 Å². The Kier molecular flexibility index (Phi) is 3.57. The summed E-state index contributed by atoms with van der Waals surface area (Å²) < 4.78 is 0. The molecule has 0 saturated carbocycles. The molecule has 2 aromatic heterocycles. The van der Waals surface area contributed by atoms with Crippen molar-refractivity contribution >= 4 is 28.4 Å². The number of fused-ring (bicyclic) bond motifs is 1. The van der Waals surface area contributed by atoms with Crippen LogP contribution in [0.1, 0.15) is 12.1 Å². The molecule has 0 aliphatic carbocycles. The summed E-state index contributed by atoms with van der Waals surface area (Å²) in [5, 5.41) is 3.37. The van der Waals surface area contributed by atoms with Gasteiger partial charge in [0.15, 0.2) is 5.82 Å². The average molecular weight is 319 g/mol. The van der Waals surface area contributed by atoms with Gasteiger partial charge in [-0.15, -0.1) is 0 Å². The number of nitrogens with zero attached hydrogens (tertiary/aromatic N) is 4. The molecule has 3 heterocycles. The maximum atomic E-state index is 12.3. The summed E-state index contributed by atoms with van der Waals surface area (Å²) in [6, 6.07) is 13.6. The molecule has 1 unspecified atom stereocenters. The lowest BCUT2D eigenvalue weighted by atomic mass is 10.2. The van der Waals surface area contributed by atoms with Gasteiger partial charge in [-0.1, -0.05) is 18.2 Å². The van der Waals surface area contributed by atoms with E-state index in [4.69, 9.17) is 0 Å². The molecule has 1 fully saturated rings. The lowest BCUT2D eigenvalue weighted by Gasteiger charge is -2.17. The van der Waals surface area contributed by atoms with Crippen molar-refractivity contribution in [1.29, 1.82) is 0 Å². The molecule has 6 heteroatoms.